The van der Waals surface area contributed by atoms with Gasteiger partial charge < -0.3 is 8.92 Å². The summed E-state index contributed by atoms with van der Waals surface area (Å²) in [5.41, 5.74) is 0.359. The maximum Gasteiger partial charge on any atom is 0.342 e. The fraction of sp³-hybridized carbons (Fsp3) is 0.143. The Bertz CT molecular complexity index is 866. The first kappa shape index (κ1) is 17.0. The van der Waals surface area contributed by atoms with Crippen LogP contribution in [-0.2, 0) is 10.1 Å². The Morgan fingerprint density at radius 1 is 1.17 bits per heavy atom. The molecule has 2 rings (SSSR count). The highest BCUT2D eigenvalue weighted by molar-refractivity contribution is 7.87. The van der Waals surface area contributed by atoms with Gasteiger partial charge in [0.25, 0.3) is 5.69 Å². The molecule has 0 saturated carbocycles. The number of methoxy groups -OCH3 is 1. The molecule has 0 radical (unpaired) electrons. The molecule has 7 nitrogen and oxygen atoms in total. The van der Waals surface area contributed by atoms with Crippen LogP contribution < -0.4 is 8.92 Å². The van der Waals surface area contributed by atoms with Gasteiger partial charge in [-0.05, 0) is 36.8 Å². The summed E-state index contributed by atoms with van der Waals surface area (Å²) >= 11 is 5.87. The Kier molecular flexibility index (Phi) is 4.76. The van der Waals surface area contributed by atoms with Crippen LogP contribution >= 0.6 is 11.6 Å². The van der Waals surface area contributed by atoms with Gasteiger partial charge in [0, 0.05) is 11.1 Å². The van der Waals surface area contributed by atoms with Crippen molar-refractivity contribution in [1.82, 2.24) is 0 Å². The van der Waals surface area contributed by atoms with Crippen LogP contribution in [0.4, 0.5) is 5.69 Å². The van der Waals surface area contributed by atoms with Crippen LogP contribution in [0.3, 0.4) is 0 Å². The Balaban J connectivity index is 2.42. The highest BCUT2D eigenvalue weighted by Crippen LogP contribution is 2.31. The van der Waals surface area contributed by atoms with Crippen LogP contribution in [-0.4, -0.2) is 20.5 Å². The monoisotopic (exact) mass is 357 g/mol. The fourth-order valence-corrected chi connectivity index (χ4v) is 3.00. The van der Waals surface area contributed by atoms with E-state index in [2.05, 4.69) is 0 Å². The van der Waals surface area contributed by atoms with Crippen LogP contribution in [0.1, 0.15) is 5.56 Å². The highest BCUT2D eigenvalue weighted by Gasteiger charge is 2.24. The lowest BCUT2D eigenvalue weighted by molar-refractivity contribution is -0.385. The number of nitro groups is 1. The van der Waals surface area contributed by atoms with Gasteiger partial charge in [0.1, 0.15) is 16.4 Å². The molecular weight excluding hydrogens is 346 g/mol. The number of hydrogen-bond donors (Lipinski definition) is 0. The van der Waals surface area contributed by atoms with Crippen molar-refractivity contribution in [1.29, 1.82) is 0 Å². The van der Waals surface area contributed by atoms with Crippen molar-refractivity contribution in [3.8, 4) is 11.5 Å². The van der Waals surface area contributed by atoms with E-state index in [1.807, 2.05) is 0 Å². The minimum Gasteiger partial charge on any atom is -0.495 e. The molecule has 0 aromatic heterocycles. The van der Waals surface area contributed by atoms with E-state index in [0.29, 0.717) is 10.6 Å². The van der Waals surface area contributed by atoms with E-state index in [0.717, 1.165) is 18.2 Å². The molecule has 0 fully saturated rings. The normalized spacial score (nSPS) is 11.1. The number of non-ortho nitro benzene ring substituents is 1. The number of nitrogens with zero attached hydrogens (tertiary/aromatic N) is 1. The van der Waals surface area contributed by atoms with Gasteiger partial charge in [0.2, 0.25) is 0 Å². The summed E-state index contributed by atoms with van der Waals surface area (Å²) < 4.78 is 34.7. The molecule has 0 spiro atoms. The van der Waals surface area contributed by atoms with E-state index in [4.69, 9.17) is 20.5 Å². The smallest absolute Gasteiger partial charge is 0.342 e. The molecular formula is C14H12ClNO6S. The maximum atomic E-state index is 12.4. The first-order chi connectivity index (χ1) is 10.7. The largest absolute Gasteiger partial charge is 0.495 e. The van der Waals surface area contributed by atoms with Crippen LogP contribution in [0.2, 0.25) is 5.02 Å². The number of halogens is 1. The van der Waals surface area contributed by atoms with Gasteiger partial charge in [0.15, 0.2) is 0 Å². The molecule has 0 unspecified atom stereocenters. The summed E-state index contributed by atoms with van der Waals surface area (Å²) in [7, 11) is -3.01. The number of aryl methyl sites for hydroxylation is 1. The Hall–Kier alpha value is -2.32. The predicted octanol–water partition coefficient (Wildman–Crippen LogP) is 3.33. The lowest BCUT2D eigenvalue weighted by Gasteiger charge is -2.11. The van der Waals surface area contributed by atoms with Crippen molar-refractivity contribution in [3.63, 3.8) is 0 Å². The third kappa shape index (κ3) is 3.72. The van der Waals surface area contributed by atoms with Gasteiger partial charge in [-0.25, -0.2) is 0 Å². The minimum atomic E-state index is -4.22. The zero-order valence-electron chi connectivity index (χ0n) is 12.1. The summed E-state index contributed by atoms with van der Waals surface area (Å²) in [6, 6.07) is 7.53. The van der Waals surface area contributed by atoms with E-state index in [9.17, 15) is 18.5 Å². The van der Waals surface area contributed by atoms with Crippen LogP contribution in [0.25, 0.3) is 0 Å². The summed E-state index contributed by atoms with van der Waals surface area (Å²) in [5.74, 6) is -0.0998. The number of ether oxygens (including phenoxy) is 1. The number of nitro benzene ring substituents is 1. The van der Waals surface area contributed by atoms with Crippen molar-refractivity contribution in [2.45, 2.75) is 11.8 Å². The predicted molar refractivity (Wildman–Crippen MR) is 83.7 cm³/mol. The first-order valence-corrected chi connectivity index (χ1v) is 8.06. The molecule has 0 amide bonds. The van der Waals surface area contributed by atoms with Gasteiger partial charge >= 0.3 is 10.1 Å². The molecule has 2 aromatic carbocycles. The van der Waals surface area contributed by atoms with E-state index in [-0.39, 0.29) is 22.1 Å². The lowest BCUT2D eigenvalue weighted by atomic mass is 10.2. The molecule has 0 N–H and O–H groups in total. The third-order valence-electron chi connectivity index (χ3n) is 2.96. The Morgan fingerprint density at radius 3 is 2.43 bits per heavy atom. The molecule has 0 heterocycles. The van der Waals surface area contributed by atoms with Crippen molar-refractivity contribution < 1.29 is 22.3 Å². The second-order valence-electron chi connectivity index (χ2n) is 4.54. The summed E-state index contributed by atoms with van der Waals surface area (Å²) in [5, 5.41) is 11.2. The van der Waals surface area contributed by atoms with E-state index in [1.54, 1.807) is 6.92 Å². The summed E-state index contributed by atoms with van der Waals surface area (Å²) in [6.45, 7) is 1.70. The standard InChI is InChI=1S/C14H12ClNO6S/c1-9-7-11(4-5-12(9)15)22-23(19,20)14-6-3-10(16(17)18)8-13(14)21-2/h3-8H,1-2H3. The van der Waals surface area contributed by atoms with Crippen molar-refractivity contribution >= 4 is 27.4 Å². The molecule has 0 atom stereocenters. The van der Waals surface area contributed by atoms with E-state index < -0.39 is 15.0 Å². The molecule has 9 heteroatoms. The van der Waals surface area contributed by atoms with E-state index >= 15 is 0 Å². The molecule has 0 aliphatic carbocycles. The van der Waals surface area contributed by atoms with Crippen LogP contribution in [0.5, 0.6) is 11.5 Å². The molecule has 23 heavy (non-hydrogen) atoms. The fourth-order valence-electron chi connectivity index (χ4n) is 1.82. The molecule has 0 aliphatic heterocycles. The zero-order chi connectivity index (χ0) is 17.2. The molecule has 122 valence electrons. The first-order valence-electron chi connectivity index (χ1n) is 6.27. The number of rotatable bonds is 5. The number of hydrogen-bond acceptors (Lipinski definition) is 6. The average Bonchev–Trinajstić information content (AvgIpc) is 2.50. The van der Waals surface area contributed by atoms with Gasteiger partial charge in [-0.3, -0.25) is 10.1 Å². The minimum absolute atomic E-state index is 0.0762. The van der Waals surface area contributed by atoms with Crippen molar-refractivity contribution in [2.75, 3.05) is 7.11 Å². The molecule has 0 saturated heterocycles. The maximum absolute atomic E-state index is 12.4. The van der Waals surface area contributed by atoms with Gasteiger partial charge in [-0.15, -0.1) is 0 Å². The van der Waals surface area contributed by atoms with Crippen molar-refractivity contribution in [2.24, 2.45) is 0 Å². The SMILES string of the molecule is COc1cc([N+](=O)[O-])ccc1S(=O)(=O)Oc1ccc(Cl)c(C)c1. The van der Waals surface area contributed by atoms with Gasteiger partial charge in [0.05, 0.1) is 18.1 Å². The summed E-state index contributed by atoms with van der Waals surface area (Å²) in [6.07, 6.45) is 0. The number of benzene rings is 2. The average molecular weight is 358 g/mol. The zero-order valence-corrected chi connectivity index (χ0v) is 13.7. The second-order valence-corrected chi connectivity index (χ2v) is 6.46. The van der Waals surface area contributed by atoms with Crippen LogP contribution in [0, 0.1) is 17.0 Å². The topological polar surface area (TPSA) is 95.7 Å². The summed E-state index contributed by atoms with van der Waals surface area (Å²) in [4.78, 5) is 9.79. The van der Waals surface area contributed by atoms with E-state index in [1.165, 1.54) is 25.3 Å². The molecule has 0 aliphatic rings. The lowest BCUT2D eigenvalue weighted by Crippen LogP contribution is -2.11. The van der Waals surface area contributed by atoms with Crippen molar-refractivity contribution in [3.05, 3.63) is 57.1 Å². The second kappa shape index (κ2) is 6.43. The van der Waals surface area contributed by atoms with Gasteiger partial charge in [-0.1, -0.05) is 11.6 Å². The Labute approximate surface area is 137 Å². The quantitative estimate of drug-likeness (QED) is 0.462. The highest BCUT2D eigenvalue weighted by atomic mass is 35.5. The van der Waals surface area contributed by atoms with Gasteiger partial charge in [-0.2, -0.15) is 8.42 Å². The third-order valence-corrected chi connectivity index (χ3v) is 4.67. The van der Waals surface area contributed by atoms with Crippen LogP contribution in [0.15, 0.2) is 41.3 Å². The molecule has 2 aromatic rings. The molecule has 0 bridgehead atoms. The Morgan fingerprint density at radius 2 is 1.87 bits per heavy atom.